The number of pyridine rings is 1. The van der Waals surface area contributed by atoms with Gasteiger partial charge in [-0.15, -0.1) is 0 Å². The first-order valence-corrected chi connectivity index (χ1v) is 3.30. The van der Waals surface area contributed by atoms with Crippen molar-refractivity contribution in [1.29, 1.82) is 0 Å². The number of carboxylic acid groups (broad SMARTS) is 1. The van der Waals surface area contributed by atoms with Crippen LogP contribution in [0, 0.1) is 0 Å². The molecule has 0 spiro atoms. The van der Waals surface area contributed by atoms with Gasteiger partial charge in [-0.2, -0.15) is 0 Å². The number of aromatic nitrogens is 1. The van der Waals surface area contributed by atoms with E-state index in [-0.39, 0.29) is 5.70 Å². The van der Waals surface area contributed by atoms with Crippen molar-refractivity contribution in [2.45, 2.75) is 0 Å². The van der Waals surface area contributed by atoms with Crippen LogP contribution >= 0.6 is 0 Å². The predicted octanol–water partition coefficient (Wildman–Crippen LogP) is 0.466. The molecule has 0 unspecified atom stereocenters. The SMILES string of the molecule is NC(=Cc1cccnc1)C(=O)O. The lowest BCUT2D eigenvalue weighted by molar-refractivity contribution is -0.132. The van der Waals surface area contributed by atoms with Gasteiger partial charge in [0.05, 0.1) is 0 Å². The van der Waals surface area contributed by atoms with Crippen molar-refractivity contribution in [2.24, 2.45) is 5.73 Å². The highest BCUT2D eigenvalue weighted by Gasteiger charge is 1.99. The summed E-state index contributed by atoms with van der Waals surface area (Å²) in [5.41, 5.74) is 5.67. The molecule has 1 aromatic heterocycles. The van der Waals surface area contributed by atoms with Crippen LogP contribution < -0.4 is 5.73 Å². The third kappa shape index (κ3) is 2.09. The minimum absolute atomic E-state index is 0.192. The van der Waals surface area contributed by atoms with Gasteiger partial charge in [0, 0.05) is 12.4 Å². The van der Waals surface area contributed by atoms with E-state index >= 15 is 0 Å². The topological polar surface area (TPSA) is 76.2 Å². The lowest BCUT2D eigenvalue weighted by Gasteiger charge is -1.93. The van der Waals surface area contributed by atoms with E-state index in [2.05, 4.69) is 4.98 Å². The van der Waals surface area contributed by atoms with Crippen LogP contribution in [-0.2, 0) is 4.79 Å². The molecule has 0 fully saturated rings. The zero-order valence-corrected chi connectivity index (χ0v) is 6.27. The molecule has 0 atom stereocenters. The van der Waals surface area contributed by atoms with Crippen LogP contribution in [0.3, 0.4) is 0 Å². The van der Waals surface area contributed by atoms with Gasteiger partial charge in [-0.25, -0.2) is 4.79 Å². The molecule has 4 nitrogen and oxygen atoms in total. The van der Waals surface area contributed by atoms with Crippen LogP contribution in [0.4, 0.5) is 0 Å². The van der Waals surface area contributed by atoms with Crippen molar-refractivity contribution in [2.75, 3.05) is 0 Å². The zero-order valence-electron chi connectivity index (χ0n) is 6.27. The highest BCUT2D eigenvalue weighted by molar-refractivity contribution is 5.90. The summed E-state index contributed by atoms with van der Waals surface area (Å²) in [5.74, 6) is -1.13. The second-order valence-corrected chi connectivity index (χ2v) is 2.19. The fourth-order valence-corrected chi connectivity index (χ4v) is 0.703. The molecule has 0 aliphatic rings. The van der Waals surface area contributed by atoms with Gasteiger partial charge in [-0.05, 0) is 17.7 Å². The first-order valence-electron chi connectivity index (χ1n) is 3.30. The van der Waals surface area contributed by atoms with Crippen LogP contribution in [-0.4, -0.2) is 16.1 Å². The minimum atomic E-state index is -1.13. The van der Waals surface area contributed by atoms with Gasteiger partial charge in [0.25, 0.3) is 0 Å². The quantitative estimate of drug-likeness (QED) is 0.623. The summed E-state index contributed by atoms with van der Waals surface area (Å²) in [6, 6.07) is 3.43. The number of rotatable bonds is 2. The Morgan fingerprint density at radius 3 is 2.92 bits per heavy atom. The van der Waals surface area contributed by atoms with Gasteiger partial charge in [0.2, 0.25) is 0 Å². The molecule has 0 radical (unpaired) electrons. The van der Waals surface area contributed by atoms with Crippen LogP contribution in [0.1, 0.15) is 5.56 Å². The maximum absolute atomic E-state index is 10.3. The van der Waals surface area contributed by atoms with Crippen LogP contribution in [0.5, 0.6) is 0 Å². The highest BCUT2D eigenvalue weighted by atomic mass is 16.4. The van der Waals surface area contributed by atoms with Gasteiger partial charge in [0.15, 0.2) is 0 Å². The van der Waals surface area contributed by atoms with E-state index < -0.39 is 5.97 Å². The molecule has 0 aliphatic carbocycles. The molecule has 12 heavy (non-hydrogen) atoms. The Kier molecular flexibility index (Phi) is 2.42. The van der Waals surface area contributed by atoms with E-state index in [0.717, 1.165) is 0 Å². The van der Waals surface area contributed by atoms with E-state index in [0.29, 0.717) is 5.56 Å². The van der Waals surface area contributed by atoms with Crippen LogP contribution in [0.25, 0.3) is 6.08 Å². The fraction of sp³-hybridized carbons (Fsp3) is 0. The lowest BCUT2D eigenvalue weighted by atomic mass is 10.2. The normalized spacial score (nSPS) is 11.2. The molecule has 0 saturated carbocycles. The van der Waals surface area contributed by atoms with Gasteiger partial charge < -0.3 is 10.8 Å². The van der Waals surface area contributed by atoms with Crippen molar-refractivity contribution < 1.29 is 9.90 Å². The Morgan fingerprint density at radius 2 is 2.42 bits per heavy atom. The molecule has 0 aromatic carbocycles. The van der Waals surface area contributed by atoms with Gasteiger partial charge in [0.1, 0.15) is 5.70 Å². The molecule has 1 aromatic rings. The molecule has 1 heterocycles. The van der Waals surface area contributed by atoms with E-state index in [4.69, 9.17) is 10.8 Å². The summed E-state index contributed by atoms with van der Waals surface area (Å²) >= 11 is 0. The van der Waals surface area contributed by atoms with Gasteiger partial charge in [-0.3, -0.25) is 4.98 Å². The van der Waals surface area contributed by atoms with Crippen molar-refractivity contribution in [3.63, 3.8) is 0 Å². The standard InChI is InChI=1S/C8H8N2O2/c9-7(8(11)12)4-6-2-1-3-10-5-6/h1-5H,9H2,(H,11,12). The first-order chi connectivity index (χ1) is 5.70. The van der Waals surface area contributed by atoms with Crippen LogP contribution in [0.2, 0.25) is 0 Å². The smallest absolute Gasteiger partial charge is 0.351 e. The van der Waals surface area contributed by atoms with E-state index in [9.17, 15) is 4.79 Å². The molecule has 62 valence electrons. The average molecular weight is 164 g/mol. The Balaban J connectivity index is 2.89. The van der Waals surface area contributed by atoms with E-state index in [1.54, 1.807) is 18.3 Å². The molecular weight excluding hydrogens is 156 g/mol. The molecule has 1 rings (SSSR count). The fourth-order valence-electron chi connectivity index (χ4n) is 0.703. The number of carbonyl (C=O) groups is 1. The molecule has 3 N–H and O–H groups in total. The summed E-state index contributed by atoms with van der Waals surface area (Å²) < 4.78 is 0. The molecule has 4 heteroatoms. The molecule has 0 bridgehead atoms. The Labute approximate surface area is 69.4 Å². The van der Waals surface area contributed by atoms with Crippen molar-refractivity contribution in [3.8, 4) is 0 Å². The summed E-state index contributed by atoms with van der Waals surface area (Å²) in [7, 11) is 0. The molecular formula is C8H8N2O2. The first kappa shape index (κ1) is 8.26. The highest BCUT2D eigenvalue weighted by Crippen LogP contribution is 2.00. The number of hydrogen-bond donors (Lipinski definition) is 2. The third-order valence-electron chi connectivity index (χ3n) is 1.25. The van der Waals surface area contributed by atoms with Gasteiger partial charge >= 0.3 is 5.97 Å². The monoisotopic (exact) mass is 164 g/mol. The minimum Gasteiger partial charge on any atom is -0.477 e. The number of nitrogens with two attached hydrogens (primary N) is 1. The zero-order chi connectivity index (χ0) is 8.97. The van der Waals surface area contributed by atoms with Gasteiger partial charge in [-0.1, -0.05) is 6.07 Å². The van der Waals surface area contributed by atoms with E-state index in [1.807, 2.05) is 0 Å². The Bertz CT molecular complexity index is 306. The lowest BCUT2D eigenvalue weighted by Crippen LogP contribution is -2.09. The maximum Gasteiger partial charge on any atom is 0.351 e. The second-order valence-electron chi connectivity index (χ2n) is 2.19. The summed E-state index contributed by atoms with van der Waals surface area (Å²) in [6.07, 6.45) is 4.50. The largest absolute Gasteiger partial charge is 0.477 e. The third-order valence-corrected chi connectivity index (χ3v) is 1.25. The maximum atomic E-state index is 10.3. The Morgan fingerprint density at radius 1 is 1.67 bits per heavy atom. The van der Waals surface area contributed by atoms with Crippen molar-refractivity contribution in [3.05, 3.63) is 35.8 Å². The molecule has 0 saturated heterocycles. The summed E-state index contributed by atoms with van der Waals surface area (Å²) in [4.78, 5) is 14.1. The predicted molar refractivity (Wildman–Crippen MR) is 44.0 cm³/mol. The summed E-state index contributed by atoms with van der Waals surface area (Å²) in [5, 5.41) is 8.43. The summed E-state index contributed by atoms with van der Waals surface area (Å²) in [6.45, 7) is 0. The number of carboxylic acids is 1. The average Bonchev–Trinajstić information content (AvgIpc) is 2.06. The molecule has 0 amide bonds. The number of hydrogen-bond acceptors (Lipinski definition) is 3. The number of aliphatic carboxylic acids is 1. The van der Waals surface area contributed by atoms with E-state index in [1.165, 1.54) is 12.3 Å². The Hall–Kier alpha value is -1.84. The molecule has 0 aliphatic heterocycles. The van der Waals surface area contributed by atoms with Crippen molar-refractivity contribution >= 4 is 12.0 Å². The number of nitrogens with zero attached hydrogens (tertiary/aromatic N) is 1. The second kappa shape index (κ2) is 3.52. The van der Waals surface area contributed by atoms with Crippen molar-refractivity contribution in [1.82, 2.24) is 4.98 Å². The van der Waals surface area contributed by atoms with Crippen LogP contribution in [0.15, 0.2) is 30.2 Å².